The number of thiazole rings is 1. The van der Waals surface area contributed by atoms with Crippen molar-refractivity contribution < 1.29 is 4.79 Å². The molecule has 4 heterocycles. The Morgan fingerprint density at radius 3 is 2.46 bits per heavy atom. The summed E-state index contributed by atoms with van der Waals surface area (Å²) in [5.41, 5.74) is 3.18. The number of fused-ring (bicyclic) bond motifs is 2. The first-order chi connectivity index (χ1) is 19.0. The van der Waals surface area contributed by atoms with Gasteiger partial charge in [0, 0.05) is 23.9 Å². The van der Waals surface area contributed by atoms with E-state index < -0.39 is 0 Å². The quantitative estimate of drug-likeness (QED) is 0.223. The molecule has 0 fully saturated rings. The number of anilines is 1. The number of nitrogens with one attached hydrogen (secondary N) is 2. The van der Waals surface area contributed by atoms with Gasteiger partial charge in [0.2, 0.25) is 0 Å². The normalized spacial score (nSPS) is 11.1. The molecular weight excluding hydrogens is 508 g/mol. The van der Waals surface area contributed by atoms with Gasteiger partial charge in [0.15, 0.2) is 0 Å². The predicted octanol–water partition coefficient (Wildman–Crippen LogP) is 5.36. The van der Waals surface area contributed by atoms with Crippen LogP contribution in [0.3, 0.4) is 0 Å². The molecule has 9 heteroatoms. The standard InChI is InChI=1S/C30H22N6O2S/c1-2-16-36-25(31)21(18-22-26(36)32-23-15-9-10-17-35(23)30(22)38)28-33-24(19-11-5-3-6-12-19)29(39-28)34-27(37)20-13-7-4-8-14-20/h2-15,17-18,31H,1,16H2,(H,34,37). The van der Waals surface area contributed by atoms with E-state index in [4.69, 9.17) is 10.4 Å². The van der Waals surface area contributed by atoms with Crippen LogP contribution in [0.1, 0.15) is 10.4 Å². The summed E-state index contributed by atoms with van der Waals surface area (Å²) in [6.07, 6.45) is 3.34. The SMILES string of the molecule is C=CCn1c(=N)c(-c2nc(-c3ccccc3)c(NC(=O)c3ccccc3)s2)cc2c(=O)n3ccccc3nc21. The second-order valence-corrected chi connectivity index (χ2v) is 9.77. The summed E-state index contributed by atoms with van der Waals surface area (Å²) in [5, 5.41) is 13.5. The van der Waals surface area contributed by atoms with Gasteiger partial charge < -0.3 is 9.88 Å². The van der Waals surface area contributed by atoms with Crippen molar-refractivity contribution in [2.24, 2.45) is 0 Å². The van der Waals surface area contributed by atoms with Gasteiger partial charge in [-0.3, -0.25) is 19.4 Å². The van der Waals surface area contributed by atoms with E-state index in [0.717, 1.165) is 5.56 Å². The van der Waals surface area contributed by atoms with E-state index in [2.05, 4.69) is 16.9 Å². The van der Waals surface area contributed by atoms with E-state index >= 15 is 0 Å². The third-order valence-electron chi connectivity index (χ3n) is 6.30. The molecular formula is C30H22N6O2S. The fraction of sp³-hybridized carbons (Fsp3) is 0.0333. The Labute approximate surface area is 226 Å². The minimum absolute atomic E-state index is 0.142. The highest BCUT2D eigenvalue weighted by Gasteiger charge is 2.21. The molecule has 2 N–H and O–H groups in total. The number of nitrogens with zero attached hydrogens (tertiary/aromatic N) is 4. The fourth-order valence-corrected chi connectivity index (χ4v) is 5.43. The molecule has 4 aromatic heterocycles. The van der Waals surface area contributed by atoms with E-state index in [1.807, 2.05) is 42.5 Å². The van der Waals surface area contributed by atoms with Gasteiger partial charge in [0.05, 0.1) is 10.9 Å². The number of aromatic nitrogens is 4. The lowest BCUT2D eigenvalue weighted by Gasteiger charge is -2.12. The number of hydrogen-bond acceptors (Lipinski definition) is 6. The fourth-order valence-electron chi connectivity index (χ4n) is 4.43. The van der Waals surface area contributed by atoms with Crippen LogP contribution < -0.4 is 16.4 Å². The van der Waals surface area contributed by atoms with Crippen molar-refractivity contribution in [3.05, 3.63) is 125 Å². The number of hydrogen-bond donors (Lipinski definition) is 2. The van der Waals surface area contributed by atoms with Gasteiger partial charge in [0.25, 0.3) is 11.5 Å². The zero-order valence-electron chi connectivity index (χ0n) is 20.7. The van der Waals surface area contributed by atoms with E-state index in [-0.39, 0.29) is 23.5 Å². The topological polar surface area (TPSA) is 105 Å². The van der Waals surface area contributed by atoms with Gasteiger partial charge in [-0.15, -0.1) is 6.58 Å². The summed E-state index contributed by atoms with van der Waals surface area (Å²) in [7, 11) is 0. The Bertz CT molecular complexity index is 1990. The van der Waals surface area contributed by atoms with Crippen LogP contribution in [0.5, 0.6) is 0 Å². The molecule has 0 bridgehead atoms. The molecule has 0 saturated heterocycles. The van der Waals surface area contributed by atoms with Gasteiger partial charge in [-0.25, -0.2) is 9.97 Å². The highest BCUT2D eigenvalue weighted by Crippen LogP contribution is 2.37. The maximum absolute atomic E-state index is 13.5. The molecule has 8 nitrogen and oxygen atoms in total. The lowest BCUT2D eigenvalue weighted by molar-refractivity contribution is 0.102. The number of amides is 1. The molecule has 0 radical (unpaired) electrons. The summed E-state index contributed by atoms with van der Waals surface area (Å²) >= 11 is 1.26. The van der Waals surface area contributed by atoms with Gasteiger partial charge in [0.1, 0.15) is 32.5 Å². The lowest BCUT2D eigenvalue weighted by atomic mass is 10.1. The van der Waals surface area contributed by atoms with Crippen LogP contribution >= 0.6 is 11.3 Å². The largest absolute Gasteiger partial charge is 0.312 e. The summed E-state index contributed by atoms with van der Waals surface area (Å²) in [5.74, 6) is -0.261. The molecule has 190 valence electrons. The Morgan fingerprint density at radius 2 is 1.72 bits per heavy atom. The van der Waals surface area contributed by atoms with Crippen molar-refractivity contribution in [1.29, 1.82) is 5.41 Å². The first kappa shape index (κ1) is 24.2. The monoisotopic (exact) mass is 530 g/mol. The highest BCUT2D eigenvalue weighted by molar-refractivity contribution is 7.19. The van der Waals surface area contributed by atoms with Gasteiger partial charge >= 0.3 is 0 Å². The molecule has 0 spiro atoms. The van der Waals surface area contributed by atoms with Gasteiger partial charge in [-0.2, -0.15) is 0 Å². The third kappa shape index (κ3) is 4.34. The molecule has 0 saturated carbocycles. The number of pyridine rings is 2. The smallest absolute Gasteiger partial charge is 0.267 e. The maximum Gasteiger partial charge on any atom is 0.267 e. The van der Waals surface area contributed by atoms with Crippen molar-refractivity contribution in [2.75, 3.05) is 5.32 Å². The number of rotatable bonds is 6. The van der Waals surface area contributed by atoms with E-state index in [0.29, 0.717) is 43.5 Å². The van der Waals surface area contributed by atoms with E-state index in [1.165, 1.54) is 15.7 Å². The number of carbonyl (C=O) groups is 1. The maximum atomic E-state index is 13.5. The number of allylic oxidation sites excluding steroid dienone is 1. The van der Waals surface area contributed by atoms with E-state index in [9.17, 15) is 9.59 Å². The average Bonchev–Trinajstić information content (AvgIpc) is 3.39. The highest BCUT2D eigenvalue weighted by atomic mass is 32.1. The van der Waals surface area contributed by atoms with Crippen LogP contribution in [0, 0.1) is 5.41 Å². The molecule has 0 unspecified atom stereocenters. The Balaban J connectivity index is 1.57. The van der Waals surface area contributed by atoms with Crippen LogP contribution in [0.15, 0.2) is 109 Å². The molecule has 0 aliphatic heterocycles. The Morgan fingerprint density at radius 1 is 1.00 bits per heavy atom. The summed E-state index contributed by atoms with van der Waals surface area (Å²) in [6.45, 7) is 4.12. The zero-order chi connectivity index (χ0) is 26.9. The first-order valence-electron chi connectivity index (χ1n) is 12.2. The lowest BCUT2D eigenvalue weighted by Crippen LogP contribution is -2.26. The second-order valence-electron chi connectivity index (χ2n) is 8.77. The van der Waals surface area contributed by atoms with Crippen LogP contribution in [0.2, 0.25) is 0 Å². The van der Waals surface area contributed by atoms with Crippen molar-refractivity contribution in [3.8, 4) is 21.8 Å². The molecule has 0 aliphatic carbocycles. The second kappa shape index (κ2) is 9.96. The summed E-state index contributed by atoms with van der Waals surface area (Å²) < 4.78 is 3.13. The molecule has 0 atom stereocenters. The van der Waals surface area contributed by atoms with Crippen molar-refractivity contribution in [2.45, 2.75) is 6.54 Å². The molecule has 39 heavy (non-hydrogen) atoms. The summed E-state index contributed by atoms with van der Waals surface area (Å²) in [6, 6.07) is 25.5. The Kier molecular flexibility index (Phi) is 6.18. The predicted molar refractivity (Wildman–Crippen MR) is 154 cm³/mol. The van der Waals surface area contributed by atoms with Crippen LogP contribution in [-0.4, -0.2) is 24.8 Å². The van der Waals surface area contributed by atoms with Crippen molar-refractivity contribution >= 4 is 38.9 Å². The zero-order valence-corrected chi connectivity index (χ0v) is 21.5. The van der Waals surface area contributed by atoms with Gasteiger partial charge in [-0.05, 0) is 30.3 Å². The summed E-state index contributed by atoms with van der Waals surface area (Å²) in [4.78, 5) is 36.1. The molecule has 6 aromatic rings. The minimum Gasteiger partial charge on any atom is -0.312 e. The van der Waals surface area contributed by atoms with Crippen molar-refractivity contribution in [3.63, 3.8) is 0 Å². The third-order valence-corrected chi connectivity index (χ3v) is 7.30. The minimum atomic E-state index is -0.261. The van der Waals surface area contributed by atoms with Crippen molar-refractivity contribution in [1.82, 2.24) is 18.9 Å². The van der Waals surface area contributed by atoms with Crippen LogP contribution in [-0.2, 0) is 6.54 Å². The Hall–Kier alpha value is -5.15. The molecule has 6 rings (SSSR count). The average molecular weight is 531 g/mol. The van der Waals surface area contributed by atoms with Crippen LogP contribution in [0.25, 0.3) is 38.5 Å². The number of benzene rings is 2. The van der Waals surface area contributed by atoms with E-state index in [1.54, 1.807) is 59.3 Å². The molecule has 2 aromatic carbocycles. The van der Waals surface area contributed by atoms with Gasteiger partial charge in [-0.1, -0.05) is 72.0 Å². The molecule has 1 amide bonds. The number of carbonyl (C=O) groups excluding carboxylic acids is 1. The first-order valence-corrected chi connectivity index (χ1v) is 13.0. The molecule has 0 aliphatic rings. The van der Waals surface area contributed by atoms with Crippen LogP contribution in [0.4, 0.5) is 5.00 Å².